The van der Waals surface area contributed by atoms with E-state index >= 15 is 0 Å². The normalized spacial score (nSPS) is 23.9. The Morgan fingerprint density at radius 1 is 1.22 bits per heavy atom. The molecule has 3 aliphatic rings. The molecule has 9 heteroatoms. The van der Waals surface area contributed by atoms with Crippen molar-refractivity contribution in [2.75, 3.05) is 18.0 Å². The van der Waals surface area contributed by atoms with Gasteiger partial charge in [-0.1, -0.05) is 11.6 Å². The van der Waals surface area contributed by atoms with E-state index < -0.39 is 0 Å². The van der Waals surface area contributed by atoms with Crippen LogP contribution in [0.15, 0.2) is 17.3 Å². The molecule has 2 aromatic rings. The molecule has 3 aliphatic heterocycles. The molecule has 2 aromatic heterocycles. The van der Waals surface area contributed by atoms with Gasteiger partial charge in [-0.05, 0) is 6.42 Å². The number of aromatic nitrogens is 5. The predicted molar refractivity (Wildman–Crippen MR) is 85.4 cm³/mol. The van der Waals surface area contributed by atoms with E-state index in [0.29, 0.717) is 12.1 Å². The van der Waals surface area contributed by atoms with Gasteiger partial charge in [0.1, 0.15) is 17.2 Å². The van der Waals surface area contributed by atoms with E-state index in [4.69, 9.17) is 11.6 Å². The number of rotatable bonds is 3. The lowest BCUT2D eigenvalue weighted by molar-refractivity contribution is -0.0113. The third-order valence-corrected chi connectivity index (χ3v) is 5.23. The number of hydrogen-bond donors (Lipinski definition) is 0. The maximum absolute atomic E-state index is 12.0. The van der Waals surface area contributed by atoms with Gasteiger partial charge < -0.3 is 4.90 Å². The topological polar surface area (TPSA) is 72.1 Å². The third-order valence-electron chi connectivity index (χ3n) is 4.87. The fourth-order valence-corrected chi connectivity index (χ4v) is 3.78. The van der Waals surface area contributed by atoms with Crippen molar-refractivity contribution in [2.24, 2.45) is 14.1 Å². The summed E-state index contributed by atoms with van der Waals surface area (Å²) >= 11 is 6.22. The van der Waals surface area contributed by atoms with Crippen molar-refractivity contribution < 1.29 is 0 Å². The summed E-state index contributed by atoms with van der Waals surface area (Å²) in [5.74, 6) is 0.974. The van der Waals surface area contributed by atoms with Gasteiger partial charge in [0.15, 0.2) is 0 Å². The van der Waals surface area contributed by atoms with Gasteiger partial charge in [0.25, 0.3) is 5.56 Å². The fraction of sp³-hybridized carbons (Fsp3) is 0.571. The summed E-state index contributed by atoms with van der Waals surface area (Å²) in [7, 11) is 3.52. The molecular weight excluding hydrogens is 318 g/mol. The molecule has 3 fully saturated rings. The first kappa shape index (κ1) is 14.6. The highest BCUT2D eigenvalue weighted by Crippen LogP contribution is 2.36. The van der Waals surface area contributed by atoms with Gasteiger partial charge in [-0.3, -0.25) is 14.4 Å². The van der Waals surface area contributed by atoms with E-state index in [9.17, 15) is 4.79 Å². The summed E-state index contributed by atoms with van der Waals surface area (Å²) in [5, 5.41) is 8.46. The summed E-state index contributed by atoms with van der Waals surface area (Å²) in [6.07, 6.45) is 4.44. The third kappa shape index (κ3) is 2.33. The summed E-state index contributed by atoms with van der Waals surface area (Å²) in [6.45, 7) is 2.51. The standard InChI is InChI=1S/C14H18ClN7O/c1-19-12(16-8-18-19)7-22-9-3-10(22)6-21(5-9)11-4-17-20(2)14(23)13(11)15/h4,8-10H,3,5-7H2,1-2H3. The number of hydrogen-bond acceptors (Lipinski definition) is 6. The van der Waals surface area contributed by atoms with Crippen LogP contribution in [0.1, 0.15) is 12.2 Å². The van der Waals surface area contributed by atoms with Crippen LogP contribution in [0.5, 0.6) is 0 Å². The minimum atomic E-state index is -0.251. The average molecular weight is 336 g/mol. The van der Waals surface area contributed by atoms with Gasteiger partial charge in [-0.15, -0.1) is 0 Å². The second-order valence-corrected chi connectivity index (χ2v) is 6.57. The van der Waals surface area contributed by atoms with E-state index in [1.54, 1.807) is 19.6 Å². The maximum Gasteiger partial charge on any atom is 0.287 e. The molecule has 0 aliphatic carbocycles. The SMILES string of the molecule is Cn1ncnc1CN1C2CC1CN(c1cnn(C)c(=O)c1Cl)C2. The van der Waals surface area contributed by atoms with Crippen molar-refractivity contribution in [1.29, 1.82) is 0 Å². The first-order valence-corrected chi connectivity index (χ1v) is 7.97. The number of nitrogens with zero attached hydrogens (tertiary/aromatic N) is 7. The van der Waals surface area contributed by atoms with Crippen molar-refractivity contribution >= 4 is 17.3 Å². The molecule has 2 atom stereocenters. The zero-order valence-electron chi connectivity index (χ0n) is 13.1. The van der Waals surface area contributed by atoms with Crippen molar-refractivity contribution in [3.05, 3.63) is 33.7 Å². The van der Waals surface area contributed by atoms with Gasteiger partial charge in [0.2, 0.25) is 0 Å². The molecule has 0 spiro atoms. The molecule has 23 heavy (non-hydrogen) atoms. The second kappa shape index (κ2) is 5.31. The van der Waals surface area contributed by atoms with Crippen LogP contribution >= 0.6 is 11.6 Å². The number of fused-ring (bicyclic) bond motifs is 2. The molecule has 2 unspecified atom stereocenters. The van der Waals surface area contributed by atoms with Crippen LogP contribution in [0.3, 0.4) is 0 Å². The van der Waals surface area contributed by atoms with Crippen molar-refractivity contribution in [3.63, 3.8) is 0 Å². The molecule has 0 N–H and O–H groups in total. The Balaban J connectivity index is 1.50. The van der Waals surface area contributed by atoms with Crippen molar-refractivity contribution in [3.8, 4) is 0 Å². The largest absolute Gasteiger partial charge is 0.366 e. The molecule has 2 bridgehead atoms. The zero-order valence-corrected chi connectivity index (χ0v) is 13.8. The number of piperidine rings is 1. The molecule has 0 saturated carbocycles. The van der Waals surface area contributed by atoms with Crippen LogP contribution in [-0.2, 0) is 20.6 Å². The number of piperazine rings is 1. The number of aryl methyl sites for hydroxylation is 2. The quantitative estimate of drug-likeness (QED) is 0.788. The highest BCUT2D eigenvalue weighted by Gasteiger charge is 2.45. The molecule has 0 amide bonds. The molecule has 5 rings (SSSR count). The Morgan fingerprint density at radius 2 is 1.96 bits per heavy atom. The molecule has 5 heterocycles. The second-order valence-electron chi connectivity index (χ2n) is 6.19. The summed E-state index contributed by atoms with van der Waals surface area (Å²) < 4.78 is 3.07. The lowest BCUT2D eigenvalue weighted by Gasteiger charge is -2.56. The van der Waals surface area contributed by atoms with Crippen LogP contribution in [0.2, 0.25) is 5.02 Å². The Hall–Kier alpha value is -1.93. The molecule has 0 aromatic carbocycles. The average Bonchev–Trinajstić information content (AvgIpc) is 2.95. The molecule has 122 valence electrons. The van der Waals surface area contributed by atoms with E-state index in [1.807, 2.05) is 11.7 Å². The van der Waals surface area contributed by atoms with Crippen LogP contribution in [0, 0.1) is 0 Å². The first-order valence-electron chi connectivity index (χ1n) is 7.60. The summed E-state index contributed by atoms with van der Waals surface area (Å²) in [4.78, 5) is 20.9. The number of anilines is 1. The monoisotopic (exact) mass is 335 g/mol. The predicted octanol–water partition coefficient (Wildman–Crippen LogP) is 0.0253. The molecule has 0 radical (unpaired) electrons. The van der Waals surface area contributed by atoms with Gasteiger partial charge in [0, 0.05) is 39.3 Å². The van der Waals surface area contributed by atoms with E-state index in [-0.39, 0.29) is 10.6 Å². The van der Waals surface area contributed by atoms with Crippen molar-refractivity contribution in [2.45, 2.75) is 25.0 Å². The van der Waals surface area contributed by atoms with Crippen LogP contribution in [0.25, 0.3) is 0 Å². The minimum Gasteiger partial charge on any atom is -0.366 e. The summed E-state index contributed by atoms with van der Waals surface area (Å²) in [5.41, 5.74) is 0.488. The highest BCUT2D eigenvalue weighted by molar-refractivity contribution is 6.33. The van der Waals surface area contributed by atoms with E-state index in [0.717, 1.165) is 31.1 Å². The van der Waals surface area contributed by atoms with Crippen LogP contribution in [-0.4, -0.2) is 54.6 Å². The number of halogens is 1. The van der Waals surface area contributed by atoms with Gasteiger partial charge >= 0.3 is 0 Å². The lowest BCUT2D eigenvalue weighted by Crippen LogP contribution is -2.68. The Kier molecular flexibility index (Phi) is 3.38. The first-order chi connectivity index (χ1) is 11.0. The van der Waals surface area contributed by atoms with E-state index in [2.05, 4.69) is 25.0 Å². The van der Waals surface area contributed by atoms with Crippen LogP contribution < -0.4 is 10.5 Å². The van der Waals surface area contributed by atoms with Crippen LogP contribution in [0.4, 0.5) is 5.69 Å². The minimum absolute atomic E-state index is 0.251. The van der Waals surface area contributed by atoms with Gasteiger partial charge in [-0.2, -0.15) is 10.2 Å². The highest BCUT2D eigenvalue weighted by atomic mass is 35.5. The van der Waals surface area contributed by atoms with Crippen molar-refractivity contribution in [1.82, 2.24) is 29.4 Å². The molecular formula is C14H18ClN7O. The molecule has 8 nitrogen and oxygen atoms in total. The maximum atomic E-state index is 12.0. The Bertz CT molecular complexity index is 789. The Labute approximate surface area is 138 Å². The lowest BCUT2D eigenvalue weighted by atomic mass is 9.87. The summed E-state index contributed by atoms with van der Waals surface area (Å²) in [6, 6.07) is 0.899. The zero-order chi connectivity index (χ0) is 16.1. The Morgan fingerprint density at radius 3 is 2.61 bits per heavy atom. The van der Waals surface area contributed by atoms with E-state index in [1.165, 1.54) is 11.1 Å². The fourth-order valence-electron chi connectivity index (χ4n) is 3.49. The van der Waals surface area contributed by atoms with Gasteiger partial charge in [-0.25, -0.2) is 9.67 Å². The molecule has 3 saturated heterocycles. The smallest absolute Gasteiger partial charge is 0.287 e. The van der Waals surface area contributed by atoms with Gasteiger partial charge in [0.05, 0.1) is 18.4 Å².